The maximum Gasteiger partial charge on any atom is 0.0462 e. The van der Waals surface area contributed by atoms with Crippen LogP contribution >= 0.6 is 0 Å². The van der Waals surface area contributed by atoms with Crippen molar-refractivity contribution in [3.05, 3.63) is 162 Å². The van der Waals surface area contributed by atoms with Gasteiger partial charge in [-0.2, -0.15) is 0 Å². The third-order valence-electron chi connectivity index (χ3n) is 6.61. The molecular weight excluding hydrogens is 446 g/mol. The van der Waals surface area contributed by atoms with E-state index < -0.39 is 0 Å². The highest BCUT2D eigenvalue weighted by Gasteiger charge is 2.15. The second-order valence-corrected chi connectivity index (χ2v) is 10.4. The van der Waals surface area contributed by atoms with Crippen LogP contribution in [0.15, 0.2) is 140 Å². The average Bonchev–Trinajstić information content (AvgIpc) is 2.94. The first-order valence-corrected chi connectivity index (χ1v) is 12.9. The number of hydrogen-bond acceptors (Lipinski definition) is 1. The summed E-state index contributed by atoms with van der Waals surface area (Å²) >= 11 is 0. The summed E-state index contributed by atoms with van der Waals surface area (Å²) in [4.78, 5) is 2.29. The lowest BCUT2D eigenvalue weighted by Gasteiger charge is -2.25. The molecule has 0 spiro atoms. The standard InChI is InChI=1S/C36H33N/c1-36(2,3)31-17-13-14-28(26-31)27-35(29-15-7-4-8-16-29)30-22-24-34(25-23-30)37(32-18-9-5-10-19-32)33-20-11-6-12-21-33/h4-27H,1-3H3/b35-27+. The van der Waals surface area contributed by atoms with E-state index in [1.54, 1.807) is 0 Å². The molecule has 0 fully saturated rings. The van der Waals surface area contributed by atoms with E-state index in [-0.39, 0.29) is 5.41 Å². The summed E-state index contributed by atoms with van der Waals surface area (Å²) in [6, 6.07) is 49.5. The zero-order valence-corrected chi connectivity index (χ0v) is 21.8. The van der Waals surface area contributed by atoms with E-state index >= 15 is 0 Å². The Hall–Kier alpha value is -4.36. The van der Waals surface area contributed by atoms with E-state index in [0.29, 0.717) is 0 Å². The highest BCUT2D eigenvalue weighted by atomic mass is 15.1. The van der Waals surface area contributed by atoms with E-state index in [1.807, 2.05) is 0 Å². The molecule has 0 saturated heterocycles. The summed E-state index contributed by atoms with van der Waals surface area (Å²) in [7, 11) is 0. The van der Waals surface area contributed by atoms with Crippen LogP contribution in [0.25, 0.3) is 11.6 Å². The van der Waals surface area contributed by atoms with E-state index in [4.69, 9.17) is 0 Å². The molecule has 5 aromatic carbocycles. The van der Waals surface area contributed by atoms with Crippen molar-refractivity contribution in [2.24, 2.45) is 0 Å². The minimum atomic E-state index is 0.108. The zero-order valence-electron chi connectivity index (χ0n) is 21.8. The van der Waals surface area contributed by atoms with Gasteiger partial charge in [0.25, 0.3) is 0 Å². The molecule has 0 aliphatic carbocycles. The second-order valence-electron chi connectivity index (χ2n) is 10.4. The Morgan fingerprint density at radius 1 is 0.514 bits per heavy atom. The van der Waals surface area contributed by atoms with Gasteiger partial charge in [-0.05, 0) is 75.7 Å². The molecule has 0 atom stereocenters. The highest BCUT2D eigenvalue weighted by molar-refractivity contribution is 5.92. The Morgan fingerprint density at radius 2 is 1.00 bits per heavy atom. The van der Waals surface area contributed by atoms with Crippen LogP contribution in [0.4, 0.5) is 17.1 Å². The summed E-state index contributed by atoms with van der Waals surface area (Å²) in [5.41, 5.74) is 9.68. The van der Waals surface area contributed by atoms with Gasteiger partial charge < -0.3 is 4.90 Å². The van der Waals surface area contributed by atoms with Crippen molar-refractivity contribution in [2.45, 2.75) is 26.2 Å². The molecule has 0 aromatic heterocycles. The van der Waals surface area contributed by atoms with Crippen LogP contribution in [0, 0.1) is 0 Å². The number of anilines is 3. The molecule has 1 heteroatoms. The van der Waals surface area contributed by atoms with E-state index in [0.717, 1.165) is 17.1 Å². The zero-order chi connectivity index (χ0) is 25.7. The summed E-state index contributed by atoms with van der Waals surface area (Å²) in [5, 5.41) is 0. The Kier molecular flexibility index (Phi) is 7.05. The van der Waals surface area contributed by atoms with Crippen molar-refractivity contribution in [3.8, 4) is 0 Å². The SMILES string of the molecule is CC(C)(C)c1cccc(/C=C(\c2ccccc2)c2ccc(N(c3ccccc3)c3ccccc3)cc2)c1. The van der Waals surface area contributed by atoms with Gasteiger partial charge in [0, 0.05) is 17.1 Å². The molecule has 1 nitrogen and oxygen atoms in total. The molecule has 0 aliphatic heterocycles. The summed E-state index contributed by atoms with van der Waals surface area (Å²) in [6.45, 7) is 6.79. The number of para-hydroxylation sites is 2. The monoisotopic (exact) mass is 479 g/mol. The van der Waals surface area contributed by atoms with Crippen molar-refractivity contribution in [3.63, 3.8) is 0 Å². The highest BCUT2D eigenvalue weighted by Crippen LogP contribution is 2.36. The summed E-state index contributed by atoms with van der Waals surface area (Å²) in [5.74, 6) is 0. The first-order chi connectivity index (χ1) is 18.0. The van der Waals surface area contributed by atoms with Crippen LogP contribution in [0.5, 0.6) is 0 Å². The Bertz CT molecular complexity index is 1420. The minimum Gasteiger partial charge on any atom is -0.311 e. The van der Waals surface area contributed by atoms with Gasteiger partial charge in [0.2, 0.25) is 0 Å². The van der Waals surface area contributed by atoms with Crippen molar-refractivity contribution >= 4 is 28.7 Å². The van der Waals surface area contributed by atoms with E-state index in [9.17, 15) is 0 Å². The number of rotatable bonds is 6. The van der Waals surface area contributed by atoms with Crippen LogP contribution in [0.3, 0.4) is 0 Å². The lowest BCUT2D eigenvalue weighted by Crippen LogP contribution is -2.10. The van der Waals surface area contributed by atoms with Gasteiger partial charge in [-0.1, -0.05) is 124 Å². The fraction of sp³-hybridized carbons (Fsp3) is 0.111. The topological polar surface area (TPSA) is 3.24 Å². The first-order valence-electron chi connectivity index (χ1n) is 12.9. The second kappa shape index (κ2) is 10.7. The molecule has 0 unspecified atom stereocenters. The van der Waals surface area contributed by atoms with Crippen molar-refractivity contribution in [1.82, 2.24) is 0 Å². The fourth-order valence-corrected chi connectivity index (χ4v) is 4.60. The van der Waals surface area contributed by atoms with Crippen LogP contribution in [-0.4, -0.2) is 0 Å². The molecule has 37 heavy (non-hydrogen) atoms. The Balaban J connectivity index is 1.58. The molecule has 182 valence electrons. The van der Waals surface area contributed by atoms with Gasteiger partial charge in [0.15, 0.2) is 0 Å². The van der Waals surface area contributed by atoms with Crippen molar-refractivity contribution in [2.75, 3.05) is 4.90 Å². The fourth-order valence-electron chi connectivity index (χ4n) is 4.60. The lowest BCUT2D eigenvalue weighted by atomic mass is 9.85. The van der Waals surface area contributed by atoms with E-state index in [2.05, 4.69) is 171 Å². The Morgan fingerprint density at radius 3 is 1.54 bits per heavy atom. The van der Waals surface area contributed by atoms with Crippen LogP contribution in [0.1, 0.15) is 43.0 Å². The Labute approximate surface area is 221 Å². The average molecular weight is 480 g/mol. The van der Waals surface area contributed by atoms with Gasteiger partial charge >= 0.3 is 0 Å². The maximum atomic E-state index is 2.31. The molecule has 0 heterocycles. The first kappa shape index (κ1) is 24.3. The third-order valence-corrected chi connectivity index (χ3v) is 6.61. The van der Waals surface area contributed by atoms with Crippen molar-refractivity contribution < 1.29 is 0 Å². The van der Waals surface area contributed by atoms with Gasteiger partial charge in [-0.3, -0.25) is 0 Å². The summed E-state index contributed by atoms with van der Waals surface area (Å²) < 4.78 is 0. The molecule has 5 aromatic rings. The molecule has 0 aliphatic rings. The van der Waals surface area contributed by atoms with Crippen LogP contribution in [-0.2, 0) is 5.41 Å². The molecule has 0 radical (unpaired) electrons. The smallest absolute Gasteiger partial charge is 0.0462 e. The van der Waals surface area contributed by atoms with Crippen LogP contribution in [0.2, 0.25) is 0 Å². The van der Waals surface area contributed by atoms with Gasteiger partial charge in [0.1, 0.15) is 0 Å². The third kappa shape index (κ3) is 5.73. The molecule has 0 saturated carbocycles. The number of hydrogen-bond donors (Lipinski definition) is 0. The van der Waals surface area contributed by atoms with Gasteiger partial charge in [-0.25, -0.2) is 0 Å². The van der Waals surface area contributed by atoms with Gasteiger partial charge in [-0.15, -0.1) is 0 Å². The molecular formula is C36H33N. The van der Waals surface area contributed by atoms with Crippen molar-refractivity contribution in [1.29, 1.82) is 0 Å². The lowest BCUT2D eigenvalue weighted by molar-refractivity contribution is 0.590. The quantitative estimate of drug-likeness (QED) is 0.219. The molecule has 0 bridgehead atoms. The van der Waals surface area contributed by atoms with E-state index in [1.165, 1.54) is 27.8 Å². The molecule has 0 N–H and O–H groups in total. The molecule has 0 amide bonds. The maximum absolute atomic E-state index is 2.31. The normalized spacial score (nSPS) is 11.8. The predicted octanol–water partition coefficient (Wildman–Crippen LogP) is 10.0. The number of benzene rings is 5. The molecule has 5 rings (SSSR count). The predicted molar refractivity (Wildman–Crippen MR) is 160 cm³/mol. The minimum absolute atomic E-state index is 0.108. The van der Waals surface area contributed by atoms with Gasteiger partial charge in [0.05, 0.1) is 0 Å². The summed E-state index contributed by atoms with van der Waals surface area (Å²) in [6.07, 6.45) is 2.31. The van der Waals surface area contributed by atoms with Crippen LogP contribution < -0.4 is 4.90 Å². The largest absolute Gasteiger partial charge is 0.311 e. The number of nitrogens with zero attached hydrogens (tertiary/aromatic N) is 1.